The third kappa shape index (κ3) is 1.68. The highest BCUT2D eigenvalue weighted by atomic mass is 15.4. The Morgan fingerprint density at radius 3 is 2.47 bits per heavy atom. The maximum atomic E-state index is 6.05. The molecule has 0 aromatic carbocycles. The summed E-state index contributed by atoms with van der Waals surface area (Å²) < 4.78 is 1.89. The van der Waals surface area contributed by atoms with Crippen LogP contribution in [0.25, 0.3) is 0 Å². The Labute approximate surface area is 91.1 Å². The molecule has 0 unspecified atom stereocenters. The van der Waals surface area contributed by atoms with E-state index in [9.17, 15) is 0 Å². The molecule has 84 valence electrons. The number of nitrogen functional groups attached to an aromatic ring is 1. The van der Waals surface area contributed by atoms with Crippen LogP contribution in [0, 0.1) is 6.92 Å². The molecule has 0 aliphatic heterocycles. The van der Waals surface area contributed by atoms with Gasteiger partial charge in [-0.1, -0.05) is 12.8 Å². The van der Waals surface area contributed by atoms with E-state index in [1.807, 2.05) is 18.7 Å². The second-order valence-electron chi connectivity index (χ2n) is 4.50. The van der Waals surface area contributed by atoms with E-state index in [1.54, 1.807) is 0 Å². The van der Waals surface area contributed by atoms with Crippen LogP contribution in [0.5, 0.6) is 0 Å². The largest absolute Gasteiger partial charge is 0.394 e. The van der Waals surface area contributed by atoms with Gasteiger partial charge in [0.25, 0.3) is 0 Å². The van der Waals surface area contributed by atoms with E-state index < -0.39 is 0 Å². The maximum absolute atomic E-state index is 6.05. The van der Waals surface area contributed by atoms with Gasteiger partial charge in [-0.15, -0.1) is 0 Å². The van der Waals surface area contributed by atoms with Crippen LogP contribution in [-0.2, 0) is 7.05 Å². The van der Waals surface area contributed by atoms with Crippen molar-refractivity contribution in [2.24, 2.45) is 7.05 Å². The van der Waals surface area contributed by atoms with E-state index in [4.69, 9.17) is 5.73 Å². The highest BCUT2D eigenvalue weighted by molar-refractivity contribution is 5.66. The lowest BCUT2D eigenvalue weighted by atomic mass is 10.2. The van der Waals surface area contributed by atoms with E-state index in [2.05, 4.69) is 17.0 Å². The van der Waals surface area contributed by atoms with Gasteiger partial charge in [-0.2, -0.15) is 5.10 Å². The molecule has 15 heavy (non-hydrogen) atoms. The lowest BCUT2D eigenvalue weighted by Gasteiger charge is -2.26. The summed E-state index contributed by atoms with van der Waals surface area (Å²) in [5.41, 5.74) is 7.80. The lowest BCUT2D eigenvalue weighted by molar-refractivity contribution is 0.621. The van der Waals surface area contributed by atoms with Gasteiger partial charge in [-0.3, -0.25) is 4.68 Å². The summed E-state index contributed by atoms with van der Waals surface area (Å²) in [6, 6.07) is 0.641. The fraction of sp³-hybridized carbons (Fsp3) is 0.727. The van der Waals surface area contributed by atoms with E-state index in [-0.39, 0.29) is 0 Å². The van der Waals surface area contributed by atoms with E-state index in [0.717, 1.165) is 17.2 Å². The topological polar surface area (TPSA) is 47.1 Å². The summed E-state index contributed by atoms with van der Waals surface area (Å²) in [7, 11) is 4.09. The molecule has 4 nitrogen and oxygen atoms in total. The van der Waals surface area contributed by atoms with Gasteiger partial charge in [-0.25, -0.2) is 0 Å². The number of anilines is 2. The highest BCUT2D eigenvalue weighted by Gasteiger charge is 2.24. The number of nitrogens with two attached hydrogens (primary N) is 1. The van der Waals surface area contributed by atoms with Gasteiger partial charge in [0.05, 0.1) is 11.4 Å². The van der Waals surface area contributed by atoms with Crippen molar-refractivity contribution in [2.45, 2.75) is 38.6 Å². The summed E-state index contributed by atoms with van der Waals surface area (Å²) in [6.45, 7) is 1.96. The van der Waals surface area contributed by atoms with Gasteiger partial charge < -0.3 is 10.6 Å². The molecule has 0 bridgehead atoms. The van der Waals surface area contributed by atoms with Gasteiger partial charge in [0.1, 0.15) is 5.82 Å². The van der Waals surface area contributed by atoms with Crippen LogP contribution in [0.2, 0.25) is 0 Å². The Morgan fingerprint density at radius 2 is 2.00 bits per heavy atom. The number of hydrogen-bond acceptors (Lipinski definition) is 3. The summed E-state index contributed by atoms with van der Waals surface area (Å²) in [5, 5.41) is 4.35. The monoisotopic (exact) mass is 208 g/mol. The third-order valence-electron chi connectivity index (χ3n) is 3.44. The van der Waals surface area contributed by atoms with Crippen LogP contribution in [-0.4, -0.2) is 22.9 Å². The molecule has 4 heteroatoms. The SMILES string of the molecule is Cc1nn(C)c(N(C)C2CCCC2)c1N. The number of hydrogen-bond donors (Lipinski definition) is 1. The van der Waals surface area contributed by atoms with E-state index in [1.165, 1.54) is 25.7 Å². The minimum absolute atomic E-state index is 0.641. The Kier molecular flexibility index (Phi) is 2.59. The van der Waals surface area contributed by atoms with Crippen LogP contribution in [0.15, 0.2) is 0 Å². The standard InChI is InChI=1S/C11H20N4/c1-8-10(12)11(15(3)13-8)14(2)9-6-4-5-7-9/h9H,4-7,12H2,1-3H3. The molecular weight excluding hydrogens is 188 g/mol. The fourth-order valence-electron chi connectivity index (χ4n) is 2.55. The van der Waals surface area contributed by atoms with Crippen molar-refractivity contribution in [1.82, 2.24) is 9.78 Å². The van der Waals surface area contributed by atoms with Crippen LogP contribution in [0.4, 0.5) is 11.5 Å². The second-order valence-corrected chi connectivity index (χ2v) is 4.50. The van der Waals surface area contributed by atoms with E-state index in [0.29, 0.717) is 6.04 Å². The minimum atomic E-state index is 0.641. The fourth-order valence-corrected chi connectivity index (χ4v) is 2.55. The van der Waals surface area contributed by atoms with Gasteiger partial charge in [0.2, 0.25) is 0 Å². The Hall–Kier alpha value is -1.19. The molecule has 0 amide bonds. The zero-order chi connectivity index (χ0) is 11.0. The van der Waals surface area contributed by atoms with Crippen LogP contribution < -0.4 is 10.6 Å². The molecule has 1 aromatic heterocycles. The highest BCUT2D eigenvalue weighted by Crippen LogP contribution is 2.31. The number of rotatable bonds is 2. The van der Waals surface area contributed by atoms with Gasteiger partial charge in [-0.05, 0) is 19.8 Å². The molecule has 1 aliphatic rings. The van der Waals surface area contributed by atoms with Crippen molar-refractivity contribution in [3.63, 3.8) is 0 Å². The molecule has 1 aliphatic carbocycles. The molecule has 0 saturated heterocycles. The average Bonchev–Trinajstić information content (AvgIpc) is 2.76. The second kappa shape index (κ2) is 3.76. The molecule has 2 rings (SSSR count). The molecule has 1 aromatic rings. The maximum Gasteiger partial charge on any atom is 0.150 e. The van der Waals surface area contributed by atoms with Crippen LogP contribution >= 0.6 is 0 Å². The Morgan fingerprint density at radius 1 is 1.40 bits per heavy atom. The van der Waals surface area contributed by atoms with Crippen molar-refractivity contribution >= 4 is 11.5 Å². The molecule has 2 N–H and O–H groups in total. The molecule has 1 fully saturated rings. The number of nitrogens with zero attached hydrogens (tertiary/aromatic N) is 3. The van der Waals surface area contributed by atoms with Crippen molar-refractivity contribution in [2.75, 3.05) is 17.7 Å². The first-order chi connectivity index (χ1) is 7.11. The Balaban J connectivity index is 2.27. The zero-order valence-corrected chi connectivity index (χ0v) is 9.82. The van der Waals surface area contributed by atoms with Gasteiger partial charge >= 0.3 is 0 Å². The lowest BCUT2D eigenvalue weighted by Crippen LogP contribution is -2.31. The quantitative estimate of drug-likeness (QED) is 0.804. The molecule has 0 atom stereocenters. The van der Waals surface area contributed by atoms with Crippen molar-refractivity contribution in [3.8, 4) is 0 Å². The summed E-state index contributed by atoms with van der Waals surface area (Å²) >= 11 is 0. The van der Waals surface area contributed by atoms with Crippen molar-refractivity contribution in [3.05, 3.63) is 5.69 Å². The zero-order valence-electron chi connectivity index (χ0n) is 9.82. The smallest absolute Gasteiger partial charge is 0.150 e. The van der Waals surface area contributed by atoms with Gasteiger partial charge in [0.15, 0.2) is 0 Å². The molecule has 0 spiro atoms. The summed E-state index contributed by atoms with van der Waals surface area (Å²) in [5.74, 6) is 1.07. The molecular formula is C11H20N4. The normalized spacial score (nSPS) is 17.3. The first-order valence-corrected chi connectivity index (χ1v) is 5.63. The number of aryl methyl sites for hydroxylation is 2. The number of aromatic nitrogens is 2. The first kappa shape index (κ1) is 10.3. The predicted molar refractivity (Wildman–Crippen MR) is 63.0 cm³/mol. The van der Waals surface area contributed by atoms with E-state index >= 15 is 0 Å². The van der Waals surface area contributed by atoms with Gasteiger partial charge in [0, 0.05) is 20.1 Å². The third-order valence-corrected chi connectivity index (χ3v) is 3.44. The van der Waals surface area contributed by atoms with Crippen LogP contribution in [0.3, 0.4) is 0 Å². The van der Waals surface area contributed by atoms with Crippen molar-refractivity contribution < 1.29 is 0 Å². The predicted octanol–water partition coefficient (Wildman–Crippen LogP) is 1.69. The summed E-state index contributed by atoms with van der Waals surface area (Å²) in [4.78, 5) is 2.29. The first-order valence-electron chi connectivity index (χ1n) is 5.63. The van der Waals surface area contributed by atoms with Crippen LogP contribution in [0.1, 0.15) is 31.4 Å². The molecule has 1 saturated carbocycles. The van der Waals surface area contributed by atoms with Crippen molar-refractivity contribution in [1.29, 1.82) is 0 Å². The Bertz CT molecular complexity index is 350. The minimum Gasteiger partial charge on any atom is -0.394 e. The summed E-state index contributed by atoms with van der Waals surface area (Å²) in [6.07, 6.45) is 5.23. The molecule has 0 radical (unpaired) electrons. The average molecular weight is 208 g/mol. The molecule has 1 heterocycles.